The first-order valence-corrected chi connectivity index (χ1v) is 17.8. The van der Waals surface area contributed by atoms with E-state index in [1.807, 2.05) is 36.4 Å². The Bertz CT molecular complexity index is 1900. The highest BCUT2D eigenvalue weighted by Gasteiger charge is 2.17. The number of ether oxygens (including phenoxy) is 4. The van der Waals surface area contributed by atoms with Crippen molar-refractivity contribution in [1.82, 2.24) is 0 Å². The van der Waals surface area contributed by atoms with Crippen molar-refractivity contribution in [3.8, 4) is 57.4 Å². The molecule has 4 aromatic rings. The van der Waals surface area contributed by atoms with Crippen LogP contribution in [0.4, 0.5) is 0 Å². The number of methoxy groups -OCH3 is 4. The Morgan fingerprint density at radius 3 is 0.981 bits per heavy atom. The lowest BCUT2D eigenvalue weighted by molar-refractivity contribution is 0.410. The van der Waals surface area contributed by atoms with Crippen molar-refractivity contribution < 1.29 is 18.9 Å². The quantitative estimate of drug-likeness (QED) is 0.216. The van der Waals surface area contributed by atoms with Gasteiger partial charge < -0.3 is 30.4 Å². The number of rotatable bonds is 4. The molecule has 4 N–H and O–H groups in total. The highest BCUT2D eigenvalue weighted by atomic mass is 16.5. The summed E-state index contributed by atoms with van der Waals surface area (Å²) in [7, 11) is 6.66. The topological polar surface area (TPSA) is 137 Å². The molecule has 8 heteroatoms. The second-order valence-corrected chi connectivity index (χ2v) is 13.1. The van der Waals surface area contributed by atoms with E-state index in [1.165, 1.54) is 0 Å². The molecule has 0 saturated carbocycles. The van der Waals surface area contributed by atoms with Gasteiger partial charge in [0.2, 0.25) is 0 Å². The van der Waals surface area contributed by atoms with Gasteiger partial charge in [0.25, 0.3) is 0 Å². The van der Waals surface area contributed by atoms with Crippen LogP contribution in [0.15, 0.2) is 95.3 Å². The minimum absolute atomic E-state index is 0.527. The lowest BCUT2D eigenvalue weighted by Gasteiger charge is -2.16. The second kappa shape index (κ2) is 17.9. The molecule has 1 aliphatic carbocycles. The van der Waals surface area contributed by atoms with Crippen molar-refractivity contribution in [3.63, 3.8) is 0 Å². The molecule has 52 heavy (non-hydrogen) atoms. The molecule has 8 bridgehead atoms. The molecule has 0 amide bonds. The van der Waals surface area contributed by atoms with Gasteiger partial charge in [0.05, 0.1) is 40.6 Å². The van der Waals surface area contributed by atoms with E-state index in [1.54, 1.807) is 28.4 Å². The van der Waals surface area contributed by atoms with E-state index in [2.05, 4.69) is 48.5 Å². The number of nitriles is 2. The van der Waals surface area contributed by atoms with Gasteiger partial charge in [-0.2, -0.15) is 10.5 Å². The predicted molar refractivity (Wildman–Crippen MR) is 206 cm³/mol. The summed E-state index contributed by atoms with van der Waals surface area (Å²) in [5, 5.41) is 20.2. The molecule has 0 unspecified atom stereocenters. The summed E-state index contributed by atoms with van der Waals surface area (Å²) in [6.45, 7) is 0. The molecular weight excluding hydrogens is 649 g/mol. The van der Waals surface area contributed by atoms with Gasteiger partial charge in [-0.25, -0.2) is 0 Å². The number of fused-ring (bicyclic) bond motifs is 10. The van der Waals surface area contributed by atoms with E-state index < -0.39 is 0 Å². The highest BCUT2D eigenvalue weighted by Crippen LogP contribution is 2.40. The Balaban J connectivity index is 1.53. The van der Waals surface area contributed by atoms with Gasteiger partial charge in [-0.15, -0.1) is 0 Å². The minimum atomic E-state index is 0.527. The molecule has 4 aromatic carbocycles. The number of aryl methyl sites for hydroxylation is 4. The van der Waals surface area contributed by atoms with Crippen molar-refractivity contribution in [2.75, 3.05) is 28.4 Å². The zero-order valence-corrected chi connectivity index (χ0v) is 30.7. The summed E-state index contributed by atoms with van der Waals surface area (Å²) in [5.41, 5.74) is 23.7. The first kappa shape index (κ1) is 37.4. The number of hydrogen-bond donors (Lipinski definition) is 2. The lowest BCUT2D eigenvalue weighted by Crippen LogP contribution is -2.05. The first-order valence-electron chi connectivity index (χ1n) is 17.8. The van der Waals surface area contributed by atoms with E-state index in [-0.39, 0.29) is 0 Å². The highest BCUT2D eigenvalue weighted by molar-refractivity contribution is 5.78. The molecule has 0 spiro atoms. The second-order valence-electron chi connectivity index (χ2n) is 13.1. The molecule has 0 aliphatic heterocycles. The number of nitrogens with zero attached hydrogens (tertiary/aromatic N) is 2. The summed E-state index contributed by atoms with van der Waals surface area (Å²) in [6.07, 6.45) is 6.73. The first-order chi connectivity index (χ1) is 25.3. The third-order valence-electron chi connectivity index (χ3n) is 9.83. The molecular formula is C44H48N4O4. The monoisotopic (exact) mass is 696 g/mol. The number of benzene rings is 4. The SMILES string of the molecule is COc1ccc2cc1-c1cc(ccc1OC)CCC/C(N)=C(/C#N)CCc1ccc(OC)c(c1)-c1cc(ccc1OC)CC/C(C#N)=C(/N)CCC2. The third-order valence-corrected chi connectivity index (χ3v) is 9.83. The molecule has 1 aliphatic rings. The molecule has 268 valence electrons. The van der Waals surface area contributed by atoms with E-state index in [0.29, 0.717) is 61.1 Å². The average molecular weight is 697 g/mol. The van der Waals surface area contributed by atoms with Crippen LogP contribution in [0.1, 0.15) is 60.8 Å². The summed E-state index contributed by atoms with van der Waals surface area (Å²) < 4.78 is 23.2. The summed E-state index contributed by atoms with van der Waals surface area (Å²) in [4.78, 5) is 0. The summed E-state index contributed by atoms with van der Waals surface area (Å²) in [5.74, 6) is 2.95. The molecule has 0 aromatic heterocycles. The fraction of sp³-hybridized carbons (Fsp3) is 0.318. The number of allylic oxidation sites excluding steroid dienone is 4. The van der Waals surface area contributed by atoms with Crippen LogP contribution in [0, 0.1) is 22.7 Å². The lowest BCUT2D eigenvalue weighted by atomic mass is 9.93. The fourth-order valence-corrected chi connectivity index (χ4v) is 6.87. The molecule has 0 atom stereocenters. The van der Waals surface area contributed by atoms with E-state index in [9.17, 15) is 10.5 Å². The van der Waals surface area contributed by atoms with E-state index in [4.69, 9.17) is 30.4 Å². The van der Waals surface area contributed by atoms with Crippen LogP contribution in [0.25, 0.3) is 22.3 Å². The fourth-order valence-electron chi connectivity index (χ4n) is 6.87. The largest absolute Gasteiger partial charge is 0.496 e. The van der Waals surface area contributed by atoms with Crippen LogP contribution in [0.5, 0.6) is 23.0 Å². The molecule has 5 rings (SSSR count). The van der Waals surface area contributed by atoms with Crippen LogP contribution in [-0.4, -0.2) is 28.4 Å². The van der Waals surface area contributed by atoms with Gasteiger partial charge in [0.15, 0.2) is 0 Å². The maximum Gasteiger partial charge on any atom is 0.126 e. The van der Waals surface area contributed by atoms with Crippen LogP contribution in [-0.2, 0) is 25.7 Å². The van der Waals surface area contributed by atoms with Crippen molar-refractivity contribution in [1.29, 1.82) is 10.5 Å². The number of nitrogens with two attached hydrogens (primary N) is 2. The van der Waals surface area contributed by atoms with Crippen molar-refractivity contribution in [3.05, 3.63) is 118 Å². The Hall–Kier alpha value is -5.86. The summed E-state index contributed by atoms with van der Waals surface area (Å²) >= 11 is 0. The van der Waals surface area contributed by atoms with Crippen LogP contribution >= 0.6 is 0 Å². The van der Waals surface area contributed by atoms with E-state index in [0.717, 1.165) is 93.2 Å². The summed E-state index contributed by atoms with van der Waals surface area (Å²) in [6, 6.07) is 29.3. The van der Waals surface area contributed by atoms with Gasteiger partial charge >= 0.3 is 0 Å². The third kappa shape index (κ3) is 8.89. The van der Waals surface area contributed by atoms with Crippen LogP contribution < -0.4 is 30.4 Å². The predicted octanol–water partition coefficient (Wildman–Crippen LogP) is 8.75. The van der Waals surface area contributed by atoms with Crippen molar-refractivity contribution >= 4 is 0 Å². The molecule has 8 nitrogen and oxygen atoms in total. The average Bonchev–Trinajstić information content (AvgIpc) is 3.17. The Kier molecular flexibility index (Phi) is 12.9. The van der Waals surface area contributed by atoms with Gasteiger partial charge in [-0.1, -0.05) is 24.3 Å². The van der Waals surface area contributed by atoms with E-state index >= 15 is 0 Å². The van der Waals surface area contributed by atoms with Crippen molar-refractivity contribution in [2.24, 2.45) is 11.5 Å². The Morgan fingerprint density at radius 2 is 0.712 bits per heavy atom. The van der Waals surface area contributed by atoms with Crippen molar-refractivity contribution in [2.45, 2.75) is 64.2 Å². The Morgan fingerprint density at radius 1 is 0.423 bits per heavy atom. The Labute approximate surface area is 307 Å². The zero-order chi connectivity index (χ0) is 37.0. The van der Waals surface area contributed by atoms with Gasteiger partial charge in [0, 0.05) is 44.8 Å². The van der Waals surface area contributed by atoms with Gasteiger partial charge in [-0.05, 0) is 135 Å². The smallest absolute Gasteiger partial charge is 0.126 e. The van der Waals surface area contributed by atoms with Gasteiger partial charge in [-0.3, -0.25) is 0 Å². The van der Waals surface area contributed by atoms with Gasteiger partial charge in [0.1, 0.15) is 23.0 Å². The minimum Gasteiger partial charge on any atom is -0.496 e. The molecule has 0 saturated heterocycles. The maximum absolute atomic E-state index is 10.1. The maximum atomic E-state index is 10.1. The molecule has 0 radical (unpaired) electrons. The zero-order valence-electron chi connectivity index (χ0n) is 30.7. The normalized spacial score (nSPS) is 17.3. The number of hydrogen-bond acceptors (Lipinski definition) is 8. The standard InChI is InChI=1S/C44H48N4O4/c1-49-41-19-13-29-7-5-9-39(47)33(27-45)17-11-31-15-21-43(51-3)37(25-31)38-26-32(16-22-44(38)52-4)12-18-34(28-46)40(48)10-6-8-30-14-20-42(50-2)36(24-30)35(41)23-29/h13-16,19-26H,5-12,17-18,47-48H2,1-4H3/b39-33-,40-34-. The van der Waals surface area contributed by atoms with Crippen LogP contribution in [0.2, 0.25) is 0 Å². The molecule has 0 heterocycles. The van der Waals surface area contributed by atoms with Crippen LogP contribution in [0.3, 0.4) is 0 Å². The molecule has 0 fully saturated rings.